The number of rotatable bonds is 15. The number of nitrogens with zero attached hydrogens (tertiary/aromatic N) is 1. The molecule has 0 N–H and O–H groups in total. The average Bonchev–Trinajstić information content (AvgIpc) is 2.69. The Labute approximate surface area is 193 Å². The van der Waals surface area contributed by atoms with Crippen molar-refractivity contribution in [1.29, 1.82) is 0 Å². The van der Waals surface area contributed by atoms with E-state index >= 15 is 0 Å². The quantitative estimate of drug-likeness (QED) is 0.161. The van der Waals surface area contributed by atoms with Crippen molar-refractivity contribution in [2.24, 2.45) is 0 Å². The molecule has 0 aliphatic carbocycles. The third kappa shape index (κ3) is 17.3. The van der Waals surface area contributed by atoms with Crippen molar-refractivity contribution >= 4 is 10.1 Å². The predicted octanol–water partition coefficient (Wildman–Crippen LogP) is 7.11. The molecule has 0 aliphatic rings. The third-order valence-electron chi connectivity index (χ3n) is 5.64. The zero-order valence-electron chi connectivity index (χ0n) is 21.2. The molecule has 0 heterocycles. The fourth-order valence-electron chi connectivity index (χ4n) is 3.64. The molecule has 1 atom stereocenters. The lowest BCUT2D eigenvalue weighted by atomic mass is 9.97. The van der Waals surface area contributed by atoms with Gasteiger partial charge in [0.2, 0.25) is 0 Å². The molecule has 182 valence electrons. The molecule has 5 heteroatoms. The fraction of sp³-hybridized carbons (Fsp3) is 0.769. The molecule has 31 heavy (non-hydrogen) atoms. The second-order valence-corrected chi connectivity index (χ2v) is 11.3. The minimum atomic E-state index is -4.31. The lowest BCUT2D eigenvalue weighted by molar-refractivity contribution is -0.870. The molecular formula is C26H49NO3S. The minimum absolute atomic E-state index is 0.157. The number of hydrogen-bond acceptors (Lipinski definition) is 3. The first-order valence-corrected chi connectivity index (χ1v) is 13.8. The molecule has 0 radical (unpaired) electrons. The van der Waals surface area contributed by atoms with E-state index in [9.17, 15) is 13.0 Å². The van der Waals surface area contributed by atoms with E-state index in [1.807, 2.05) is 0 Å². The van der Waals surface area contributed by atoms with Crippen LogP contribution in [0.3, 0.4) is 0 Å². The van der Waals surface area contributed by atoms with Gasteiger partial charge in [-0.25, -0.2) is 8.42 Å². The van der Waals surface area contributed by atoms with Gasteiger partial charge in [0, 0.05) is 0 Å². The van der Waals surface area contributed by atoms with E-state index < -0.39 is 10.1 Å². The Morgan fingerprint density at radius 3 is 1.61 bits per heavy atom. The van der Waals surface area contributed by atoms with Crippen molar-refractivity contribution in [2.45, 2.75) is 109 Å². The molecular weight excluding hydrogens is 406 g/mol. The summed E-state index contributed by atoms with van der Waals surface area (Å²) in [4.78, 5) is -0.157. The predicted molar refractivity (Wildman–Crippen MR) is 132 cm³/mol. The Kier molecular flexibility index (Phi) is 16.2. The summed E-state index contributed by atoms with van der Waals surface area (Å²) in [5.74, 6) is 0.401. The van der Waals surface area contributed by atoms with Crippen LogP contribution in [-0.2, 0) is 10.1 Å². The van der Waals surface area contributed by atoms with Gasteiger partial charge in [0.25, 0.3) is 0 Å². The maximum Gasteiger partial charge on any atom is 0.124 e. The molecule has 1 rings (SSSR count). The summed E-state index contributed by atoms with van der Waals surface area (Å²) in [5.41, 5.74) is 1.07. The number of benzene rings is 1. The molecule has 1 aromatic carbocycles. The van der Waals surface area contributed by atoms with Crippen LogP contribution in [0.25, 0.3) is 0 Å². The lowest BCUT2D eigenvalue weighted by Crippen LogP contribution is -2.35. The van der Waals surface area contributed by atoms with E-state index in [0.29, 0.717) is 5.92 Å². The highest BCUT2D eigenvalue weighted by molar-refractivity contribution is 7.85. The molecule has 0 aromatic heterocycles. The van der Waals surface area contributed by atoms with E-state index in [4.69, 9.17) is 0 Å². The van der Waals surface area contributed by atoms with Gasteiger partial charge in [-0.1, -0.05) is 90.7 Å². The first-order chi connectivity index (χ1) is 14.5. The largest absolute Gasteiger partial charge is 0.744 e. The highest BCUT2D eigenvalue weighted by Crippen LogP contribution is 2.21. The SMILES string of the molecule is CCCC(C)c1ccc(S(=O)(=O)[O-])cc1.CCCCCCCCCCCC[N+](C)(C)C. The topological polar surface area (TPSA) is 57.2 Å². The van der Waals surface area contributed by atoms with Crippen molar-refractivity contribution < 1.29 is 17.5 Å². The molecule has 0 bridgehead atoms. The van der Waals surface area contributed by atoms with Gasteiger partial charge in [-0.15, -0.1) is 0 Å². The Hall–Kier alpha value is -0.910. The van der Waals surface area contributed by atoms with Gasteiger partial charge in [0.05, 0.1) is 32.6 Å². The van der Waals surface area contributed by atoms with Crippen molar-refractivity contribution in [3.8, 4) is 0 Å². The van der Waals surface area contributed by atoms with Crippen LogP contribution in [0.5, 0.6) is 0 Å². The highest BCUT2D eigenvalue weighted by Gasteiger charge is 2.06. The van der Waals surface area contributed by atoms with Gasteiger partial charge in [-0.05, 0) is 42.9 Å². The summed E-state index contributed by atoms with van der Waals surface area (Å²) < 4.78 is 33.2. The summed E-state index contributed by atoms with van der Waals surface area (Å²) in [5, 5.41) is 0. The van der Waals surface area contributed by atoms with E-state index in [-0.39, 0.29) is 4.90 Å². The number of quaternary nitrogens is 1. The summed E-state index contributed by atoms with van der Waals surface area (Å²) in [6.45, 7) is 7.81. The standard InChI is InChI=1S/C15H34N.C11H16O3S/c1-5-6-7-8-9-10-11-12-13-14-15-16(2,3)4;1-3-4-9(2)10-5-7-11(8-6-10)15(12,13)14/h5-15H2,1-4H3;5-9H,3-4H2,1-2H3,(H,12,13,14)/q+1;/p-1. The zero-order chi connectivity index (χ0) is 23.8. The van der Waals surface area contributed by atoms with Crippen LogP contribution in [0.15, 0.2) is 29.2 Å². The molecule has 0 fully saturated rings. The first kappa shape index (κ1) is 30.1. The van der Waals surface area contributed by atoms with E-state index in [1.165, 1.54) is 82.9 Å². The van der Waals surface area contributed by atoms with Crippen LogP contribution < -0.4 is 0 Å². The Morgan fingerprint density at radius 2 is 1.23 bits per heavy atom. The van der Waals surface area contributed by atoms with Crippen LogP contribution in [0.2, 0.25) is 0 Å². The number of hydrogen-bond donors (Lipinski definition) is 0. The van der Waals surface area contributed by atoms with E-state index in [0.717, 1.165) is 22.9 Å². The second-order valence-electron chi connectivity index (χ2n) is 9.91. The van der Waals surface area contributed by atoms with Gasteiger partial charge >= 0.3 is 0 Å². The van der Waals surface area contributed by atoms with E-state index in [2.05, 4.69) is 41.9 Å². The smallest absolute Gasteiger partial charge is 0.124 e. The average molecular weight is 456 g/mol. The Bertz CT molecular complexity index is 648. The summed E-state index contributed by atoms with van der Waals surface area (Å²) in [6, 6.07) is 6.18. The van der Waals surface area contributed by atoms with Gasteiger partial charge < -0.3 is 9.04 Å². The zero-order valence-corrected chi connectivity index (χ0v) is 22.0. The van der Waals surface area contributed by atoms with Crippen LogP contribution in [0.1, 0.15) is 109 Å². The van der Waals surface area contributed by atoms with Crippen LogP contribution in [-0.4, -0.2) is 45.1 Å². The maximum absolute atomic E-state index is 10.7. The molecule has 0 spiro atoms. The fourth-order valence-corrected chi connectivity index (χ4v) is 4.11. The highest BCUT2D eigenvalue weighted by atomic mass is 32.2. The summed E-state index contributed by atoms with van der Waals surface area (Å²) in [7, 11) is 2.55. The Morgan fingerprint density at radius 1 is 0.774 bits per heavy atom. The molecule has 0 saturated carbocycles. The van der Waals surface area contributed by atoms with Crippen molar-refractivity contribution in [2.75, 3.05) is 27.7 Å². The summed E-state index contributed by atoms with van der Waals surface area (Å²) >= 11 is 0. The lowest BCUT2D eigenvalue weighted by Gasteiger charge is -2.23. The van der Waals surface area contributed by atoms with Crippen LogP contribution in [0.4, 0.5) is 0 Å². The molecule has 1 unspecified atom stereocenters. The first-order valence-electron chi connectivity index (χ1n) is 12.4. The Balaban J connectivity index is 0.000000581. The molecule has 0 aliphatic heterocycles. The molecule has 4 nitrogen and oxygen atoms in total. The van der Waals surface area contributed by atoms with E-state index in [1.54, 1.807) is 12.1 Å². The minimum Gasteiger partial charge on any atom is -0.744 e. The van der Waals surface area contributed by atoms with Crippen LogP contribution in [0, 0.1) is 0 Å². The van der Waals surface area contributed by atoms with Gasteiger partial charge in [-0.2, -0.15) is 0 Å². The monoisotopic (exact) mass is 455 g/mol. The molecule has 1 aromatic rings. The normalized spacial score (nSPS) is 12.9. The number of unbranched alkanes of at least 4 members (excludes halogenated alkanes) is 9. The van der Waals surface area contributed by atoms with Gasteiger partial charge in [0.1, 0.15) is 10.1 Å². The summed E-state index contributed by atoms with van der Waals surface area (Å²) in [6.07, 6.45) is 16.6. The maximum atomic E-state index is 10.7. The second kappa shape index (κ2) is 16.7. The van der Waals surface area contributed by atoms with Crippen molar-refractivity contribution in [1.82, 2.24) is 0 Å². The van der Waals surface area contributed by atoms with Crippen molar-refractivity contribution in [3.63, 3.8) is 0 Å². The third-order valence-corrected chi connectivity index (χ3v) is 6.49. The van der Waals surface area contributed by atoms with Crippen molar-refractivity contribution in [3.05, 3.63) is 29.8 Å². The van der Waals surface area contributed by atoms with Crippen LogP contribution >= 0.6 is 0 Å². The molecule has 0 saturated heterocycles. The molecule has 0 amide bonds. The van der Waals surface area contributed by atoms with Gasteiger partial charge in [-0.3, -0.25) is 0 Å². The van der Waals surface area contributed by atoms with Gasteiger partial charge in [0.15, 0.2) is 0 Å².